The maximum Gasteiger partial charge on any atom is 0.143 e. The highest BCUT2D eigenvalue weighted by molar-refractivity contribution is 6.29. The van der Waals surface area contributed by atoms with Crippen LogP contribution in [-0.4, -0.2) is 0 Å². The molecule has 2 nitrogen and oxygen atoms in total. The van der Waals surface area contributed by atoms with Gasteiger partial charge in [-0.2, -0.15) is 0 Å². The van der Waals surface area contributed by atoms with Crippen molar-refractivity contribution in [3.05, 3.63) is 206 Å². The Bertz CT molecular complexity index is 3990. The third kappa shape index (κ3) is 4.75. The molecule has 0 radical (unpaired) electrons. The van der Waals surface area contributed by atoms with Crippen molar-refractivity contribution in [2.45, 2.75) is 0 Å². The molecule has 2 heteroatoms. The van der Waals surface area contributed by atoms with E-state index < -0.39 is 0 Å². The zero-order valence-electron chi connectivity index (χ0n) is 33.4. The van der Waals surface area contributed by atoms with E-state index in [-0.39, 0.29) is 0 Å². The number of benzene rings is 12. The molecule has 0 atom stereocenters. The Morgan fingerprint density at radius 2 is 0.806 bits per heavy atom. The third-order valence-electron chi connectivity index (χ3n) is 13.4. The summed E-state index contributed by atoms with van der Waals surface area (Å²) >= 11 is 0. The summed E-state index contributed by atoms with van der Waals surface area (Å²) in [5.74, 6) is 1.80. The molecule has 62 heavy (non-hydrogen) atoms. The van der Waals surface area contributed by atoms with Crippen LogP contribution in [0.2, 0.25) is 0 Å². The second kappa shape index (κ2) is 12.7. The molecule has 0 spiro atoms. The summed E-state index contributed by atoms with van der Waals surface area (Å²) in [6, 6.07) is 75.0. The first-order chi connectivity index (χ1) is 30.7. The van der Waals surface area contributed by atoms with Crippen LogP contribution in [0.25, 0.3) is 131 Å². The first kappa shape index (κ1) is 33.6. The fraction of sp³-hybridized carbons (Fsp3) is 0. The highest BCUT2D eigenvalue weighted by Crippen LogP contribution is 2.50. The van der Waals surface area contributed by atoms with Gasteiger partial charge in [0.2, 0.25) is 0 Å². The standard InChI is InChI=1S/C60H34O2/c1-2-9-35(10-3-1)42-25-21-38-24-28-50-45(26-22-39-23-27-49(42)56(38)57(39)50)51-30-29-44(60-59(51)52-33-40-11-4-5-12-41(40)34-55(52)62-60)37-19-17-36(18-20-37)43-31-32-54-58-47(43)14-8-15-48(58)46-13-6-7-16-53(46)61-54/h1-34H. The van der Waals surface area contributed by atoms with Gasteiger partial charge in [0, 0.05) is 27.3 Å². The second-order valence-corrected chi connectivity index (χ2v) is 16.7. The normalized spacial score (nSPS) is 12.3. The zero-order chi connectivity index (χ0) is 40.5. The first-order valence-corrected chi connectivity index (χ1v) is 21.3. The Hall–Kier alpha value is -8.20. The molecule has 13 aromatic rings. The lowest BCUT2D eigenvalue weighted by Crippen LogP contribution is -1.97. The molecule has 2 heterocycles. The van der Waals surface area contributed by atoms with Crippen molar-refractivity contribution in [2.24, 2.45) is 0 Å². The fourth-order valence-corrected chi connectivity index (χ4v) is 10.6. The maximum atomic E-state index is 7.03. The molecule has 0 saturated heterocycles. The van der Waals surface area contributed by atoms with Crippen molar-refractivity contribution >= 4 is 75.8 Å². The van der Waals surface area contributed by atoms with E-state index in [0.29, 0.717) is 0 Å². The summed E-state index contributed by atoms with van der Waals surface area (Å²) in [5.41, 5.74) is 13.5. The van der Waals surface area contributed by atoms with Crippen molar-refractivity contribution < 1.29 is 9.15 Å². The van der Waals surface area contributed by atoms with Crippen LogP contribution >= 0.6 is 0 Å². The molecule has 0 fully saturated rings. The van der Waals surface area contributed by atoms with Crippen molar-refractivity contribution in [1.82, 2.24) is 0 Å². The SMILES string of the molecule is c1ccc(-c2ccc3ccc4c(-c5ccc(-c6ccc(-c7ccc8c9c(cccc79)-c7ccccc7O8)cc6)c6oc7cc8ccccc8cc7c56)ccc5ccc2c3c54)cc1. The minimum Gasteiger partial charge on any atom is -0.456 e. The monoisotopic (exact) mass is 786 g/mol. The largest absolute Gasteiger partial charge is 0.456 e. The highest BCUT2D eigenvalue weighted by atomic mass is 16.5. The van der Waals surface area contributed by atoms with Gasteiger partial charge in [-0.1, -0.05) is 176 Å². The lowest BCUT2D eigenvalue weighted by Gasteiger charge is -2.22. The number of furan rings is 1. The summed E-state index contributed by atoms with van der Waals surface area (Å²) in [7, 11) is 0. The zero-order valence-corrected chi connectivity index (χ0v) is 33.4. The van der Waals surface area contributed by atoms with Gasteiger partial charge in [-0.05, 0) is 123 Å². The Labute approximate surface area is 356 Å². The van der Waals surface area contributed by atoms with Crippen molar-refractivity contribution in [1.29, 1.82) is 0 Å². The first-order valence-electron chi connectivity index (χ1n) is 21.3. The molecule has 14 rings (SSSR count). The molecule has 0 unspecified atom stereocenters. The van der Waals surface area contributed by atoms with Gasteiger partial charge in [0.15, 0.2) is 0 Å². The van der Waals surface area contributed by atoms with Gasteiger partial charge in [-0.3, -0.25) is 0 Å². The van der Waals surface area contributed by atoms with Crippen molar-refractivity contribution in [2.75, 3.05) is 0 Å². The van der Waals surface area contributed by atoms with Crippen LogP contribution in [0, 0.1) is 0 Å². The molecule has 0 bridgehead atoms. The van der Waals surface area contributed by atoms with E-state index in [4.69, 9.17) is 9.15 Å². The highest BCUT2D eigenvalue weighted by Gasteiger charge is 2.23. The second-order valence-electron chi connectivity index (χ2n) is 16.7. The molecular formula is C60H34O2. The summed E-state index contributed by atoms with van der Waals surface area (Å²) in [5, 5.41) is 14.6. The quantitative estimate of drug-likeness (QED) is 0.166. The maximum absolute atomic E-state index is 7.03. The number of para-hydroxylation sites is 1. The van der Waals surface area contributed by atoms with Gasteiger partial charge in [0.25, 0.3) is 0 Å². The molecule has 0 saturated carbocycles. The Morgan fingerprint density at radius 1 is 0.258 bits per heavy atom. The predicted octanol–water partition coefficient (Wildman–Crippen LogP) is 17.2. The van der Waals surface area contributed by atoms with Crippen LogP contribution in [0.3, 0.4) is 0 Å². The number of hydrogen-bond donors (Lipinski definition) is 0. The van der Waals surface area contributed by atoms with Gasteiger partial charge in [0.1, 0.15) is 22.7 Å². The average Bonchev–Trinajstić information content (AvgIpc) is 3.71. The Kier molecular flexibility index (Phi) is 6.86. The van der Waals surface area contributed by atoms with Gasteiger partial charge in [0.05, 0.1) is 0 Å². The van der Waals surface area contributed by atoms with Crippen LogP contribution in [0.5, 0.6) is 11.5 Å². The van der Waals surface area contributed by atoms with Gasteiger partial charge < -0.3 is 9.15 Å². The molecule has 0 amide bonds. The Balaban J connectivity index is 0.964. The molecule has 1 aromatic heterocycles. The lowest BCUT2D eigenvalue weighted by atomic mass is 9.86. The smallest absolute Gasteiger partial charge is 0.143 e. The molecule has 0 N–H and O–H groups in total. The molecule has 0 aliphatic carbocycles. The topological polar surface area (TPSA) is 22.4 Å². The summed E-state index contributed by atoms with van der Waals surface area (Å²) in [4.78, 5) is 0. The van der Waals surface area contributed by atoms with Crippen LogP contribution in [0.15, 0.2) is 211 Å². The van der Waals surface area contributed by atoms with Crippen LogP contribution in [0.1, 0.15) is 0 Å². The summed E-state index contributed by atoms with van der Waals surface area (Å²) < 4.78 is 13.4. The van der Waals surface area contributed by atoms with Crippen LogP contribution in [-0.2, 0) is 0 Å². The van der Waals surface area contributed by atoms with E-state index in [1.807, 2.05) is 12.1 Å². The molecular weight excluding hydrogens is 753 g/mol. The minimum absolute atomic E-state index is 0.891. The summed E-state index contributed by atoms with van der Waals surface area (Å²) in [6.45, 7) is 0. The van der Waals surface area contributed by atoms with Gasteiger partial charge in [-0.25, -0.2) is 0 Å². The predicted molar refractivity (Wildman–Crippen MR) is 260 cm³/mol. The minimum atomic E-state index is 0.891. The average molecular weight is 787 g/mol. The molecule has 1 aliphatic rings. The van der Waals surface area contributed by atoms with E-state index in [2.05, 4.69) is 194 Å². The van der Waals surface area contributed by atoms with Crippen molar-refractivity contribution in [3.63, 3.8) is 0 Å². The third-order valence-corrected chi connectivity index (χ3v) is 13.4. The van der Waals surface area contributed by atoms with Gasteiger partial charge in [-0.15, -0.1) is 0 Å². The number of rotatable bonds is 4. The number of hydrogen-bond acceptors (Lipinski definition) is 2. The molecule has 1 aliphatic heterocycles. The Morgan fingerprint density at radius 3 is 1.60 bits per heavy atom. The van der Waals surface area contributed by atoms with Crippen molar-refractivity contribution in [3.8, 4) is 67.1 Å². The van der Waals surface area contributed by atoms with Crippen LogP contribution in [0.4, 0.5) is 0 Å². The van der Waals surface area contributed by atoms with Crippen LogP contribution < -0.4 is 4.74 Å². The lowest BCUT2D eigenvalue weighted by molar-refractivity contribution is 0.487. The van der Waals surface area contributed by atoms with E-state index in [9.17, 15) is 0 Å². The van der Waals surface area contributed by atoms with E-state index >= 15 is 0 Å². The summed E-state index contributed by atoms with van der Waals surface area (Å²) in [6.07, 6.45) is 0. The van der Waals surface area contributed by atoms with Gasteiger partial charge >= 0.3 is 0 Å². The van der Waals surface area contributed by atoms with E-state index in [0.717, 1.165) is 61.1 Å². The van der Waals surface area contributed by atoms with E-state index in [1.165, 1.54) is 81.9 Å². The number of fused-ring (bicyclic) bond motifs is 6. The molecule has 12 aromatic carbocycles. The fourth-order valence-electron chi connectivity index (χ4n) is 10.6. The molecule has 286 valence electrons. The van der Waals surface area contributed by atoms with E-state index in [1.54, 1.807) is 0 Å². The number of ether oxygens (including phenoxy) is 1.